The number of carbonyl (C=O) groups is 1. The van der Waals surface area contributed by atoms with E-state index in [2.05, 4.69) is 67.0 Å². The molecule has 2 bridgehead atoms. The fraction of sp³-hybridized carbons (Fsp3) is 0.710. The summed E-state index contributed by atoms with van der Waals surface area (Å²) in [5.41, 5.74) is 2.59. The van der Waals surface area contributed by atoms with Crippen molar-refractivity contribution in [1.29, 1.82) is 0 Å². The second-order valence-electron chi connectivity index (χ2n) is 11.4. The number of fused-ring (bicyclic) bond motifs is 2. The second kappa shape index (κ2) is 14.2. The Labute approximate surface area is 220 Å². The van der Waals surface area contributed by atoms with Gasteiger partial charge in [0.2, 0.25) is 0 Å². The zero-order chi connectivity index (χ0) is 25.3. The summed E-state index contributed by atoms with van der Waals surface area (Å²) in [5, 5.41) is 0. The molecule has 1 aromatic rings. The molecular formula is C31H51NO2Sn. The van der Waals surface area contributed by atoms with Crippen LogP contribution >= 0.6 is 0 Å². The topological polar surface area (TPSA) is 29.5 Å². The first-order valence-corrected chi connectivity index (χ1v) is 22.3. The molecule has 3 rings (SSSR count). The maximum absolute atomic E-state index is 13.1. The molecule has 196 valence electrons. The molecule has 3 nitrogen and oxygen atoms in total. The third-order valence-corrected chi connectivity index (χ3v) is 23.2. The molecule has 0 aliphatic carbocycles. The molecule has 0 N–H and O–H groups in total. The molecule has 1 aromatic carbocycles. The van der Waals surface area contributed by atoms with Crippen LogP contribution in [0.3, 0.4) is 0 Å². The SMILES string of the molecule is CCC[CH2][Sn](/[CH]=C/CN1[C@H]2CC[C@@H]1[C@@H](C(=O)OC)[C@@H](c1ccc(C)cc1)C2)([CH2]CCC)[CH2]CCC. The maximum atomic E-state index is 13.1. The molecule has 2 aliphatic rings. The molecule has 0 aromatic heterocycles. The minimum atomic E-state index is -2.27. The van der Waals surface area contributed by atoms with Gasteiger partial charge in [-0.2, -0.15) is 0 Å². The van der Waals surface area contributed by atoms with Gasteiger partial charge in [0.25, 0.3) is 0 Å². The summed E-state index contributed by atoms with van der Waals surface area (Å²) < 4.78 is 12.8. The van der Waals surface area contributed by atoms with E-state index in [1.807, 2.05) is 0 Å². The van der Waals surface area contributed by atoms with E-state index in [1.165, 1.54) is 69.4 Å². The average molecular weight is 588 g/mol. The first-order chi connectivity index (χ1) is 17.0. The number of unbranched alkanes of at least 4 members (excludes halogenated alkanes) is 3. The molecule has 0 spiro atoms. The molecule has 4 heteroatoms. The second-order valence-corrected chi connectivity index (χ2v) is 24.4. The van der Waals surface area contributed by atoms with Crippen molar-refractivity contribution in [3.63, 3.8) is 0 Å². The number of aryl methyl sites for hydroxylation is 1. The van der Waals surface area contributed by atoms with Crippen molar-refractivity contribution in [3.05, 3.63) is 45.6 Å². The summed E-state index contributed by atoms with van der Waals surface area (Å²) in [6.07, 6.45) is 14.2. The fourth-order valence-electron chi connectivity index (χ4n) is 6.85. The van der Waals surface area contributed by atoms with Crippen LogP contribution in [0.5, 0.6) is 0 Å². The van der Waals surface area contributed by atoms with E-state index < -0.39 is 18.4 Å². The molecule has 2 aliphatic heterocycles. The molecule has 4 atom stereocenters. The number of benzene rings is 1. The Hall–Kier alpha value is -0.811. The van der Waals surface area contributed by atoms with Crippen LogP contribution in [0.2, 0.25) is 13.3 Å². The number of carbonyl (C=O) groups excluding carboxylic acids is 1. The number of hydrogen-bond donors (Lipinski definition) is 0. The van der Waals surface area contributed by atoms with Gasteiger partial charge in [0.05, 0.1) is 0 Å². The number of rotatable bonds is 14. The van der Waals surface area contributed by atoms with Gasteiger partial charge in [0.15, 0.2) is 0 Å². The summed E-state index contributed by atoms with van der Waals surface area (Å²) in [6, 6.07) is 9.75. The van der Waals surface area contributed by atoms with Crippen molar-refractivity contribution >= 4 is 24.3 Å². The van der Waals surface area contributed by atoms with Crippen LogP contribution in [0, 0.1) is 12.8 Å². The van der Waals surface area contributed by atoms with Gasteiger partial charge < -0.3 is 0 Å². The monoisotopic (exact) mass is 589 g/mol. The molecule has 2 fully saturated rings. The normalized spacial score (nSPS) is 24.8. The third kappa shape index (κ3) is 7.37. The van der Waals surface area contributed by atoms with Gasteiger partial charge in [-0.3, -0.25) is 0 Å². The molecule has 0 unspecified atom stereocenters. The Kier molecular flexibility index (Phi) is 11.7. The van der Waals surface area contributed by atoms with Crippen molar-refractivity contribution in [1.82, 2.24) is 4.90 Å². The van der Waals surface area contributed by atoms with Crippen LogP contribution in [0.15, 0.2) is 34.4 Å². The molecule has 0 amide bonds. The van der Waals surface area contributed by atoms with Crippen LogP contribution in [0.1, 0.15) is 95.6 Å². The van der Waals surface area contributed by atoms with Crippen molar-refractivity contribution in [3.8, 4) is 0 Å². The van der Waals surface area contributed by atoms with Gasteiger partial charge >= 0.3 is 221 Å². The Morgan fingerprint density at radius 1 is 1.00 bits per heavy atom. The number of piperidine rings is 1. The van der Waals surface area contributed by atoms with Crippen LogP contribution in [-0.4, -0.2) is 55.0 Å². The minimum absolute atomic E-state index is 0.0164. The summed E-state index contributed by atoms with van der Waals surface area (Å²) in [4.78, 5) is 15.8. The molecular weight excluding hydrogens is 537 g/mol. The first-order valence-electron chi connectivity index (χ1n) is 14.6. The number of methoxy groups -OCH3 is 1. The Morgan fingerprint density at radius 3 is 2.14 bits per heavy atom. The van der Waals surface area contributed by atoms with E-state index in [-0.39, 0.29) is 17.8 Å². The van der Waals surface area contributed by atoms with Gasteiger partial charge in [-0.1, -0.05) is 0 Å². The molecule has 0 radical (unpaired) electrons. The predicted octanol–water partition coefficient (Wildman–Crippen LogP) is 8.05. The van der Waals surface area contributed by atoms with Crippen molar-refractivity contribution < 1.29 is 9.53 Å². The molecule has 0 saturated carbocycles. The fourth-order valence-corrected chi connectivity index (χ4v) is 21.2. The summed E-state index contributed by atoms with van der Waals surface area (Å²) >= 11 is -2.27. The van der Waals surface area contributed by atoms with E-state index in [9.17, 15) is 4.79 Å². The van der Waals surface area contributed by atoms with Gasteiger partial charge in [-0.05, 0) is 0 Å². The molecule has 2 saturated heterocycles. The number of ether oxygens (including phenoxy) is 1. The summed E-state index contributed by atoms with van der Waals surface area (Å²) in [5.74, 6) is 0.207. The zero-order valence-corrected chi connectivity index (χ0v) is 26.1. The molecule has 2 heterocycles. The number of nitrogens with zero attached hydrogens (tertiary/aromatic N) is 1. The van der Waals surface area contributed by atoms with Gasteiger partial charge in [-0.25, -0.2) is 0 Å². The van der Waals surface area contributed by atoms with Crippen molar-refractivity contribution in [2.24, 2.45) is 5.92 Å². The van der Waals surface area contributed by atoms with Crippen LogP contribution in [-0.2, 0) is 9.53 Å². The van der Waals surface area contributed by atoms with Gasteiger partial charge in [0.1, 0.15) is 0 Å². The third-order valence-electron chi connectivity index (χ3n) is 8.92. The van der Waals surface area contributed by atoms with E-state index in [4.69, 9.17) is 4.74 Å². The van der Waals surface area contributed by atoms with E-state index in [0.29, 0.717) is 12.1 Å². The standard InChI is InChI=1S/C19H24NO2.3C4H9.Sn/c1-4-11-20-15-9-10-17(20)18(19(21)22-3)16(12-15)14-7-5-13(2)6-8-14;3*1-3-4-2;/h1,4-8,15-18H,9-12H2,2-3H3;3*1,3-4H2,2H3;/t15-,16+,17+,18-;;;;/m0..../s1. The predicted molar refractivity (Wildman–Crippen MR) is 152 cm³/mol. The van der Waals surface area contributed by atoms with Crippen LogP contribution in [0.4, 0.5) is 0 Å². The van der Waals surface area contributed by atoms with Crippen LogP contribution in [0.25, 0.3) is 0 Å². The van der Waals surface area contributed by atoms with E-state index in [1.54, 1.807) is 7.11 Å². The number of hydrogen-bond acceptors (Lipinski definition) is 3. The van der Waals surface area contributed by atoms with Crippen molar-refractivity contribution in [2.75, 3.05) is 13.7 Å². The van der Waals surface area contributed by atoms with E-state index >= 15 is 0 Å². The van der Waals surface area contributed by atoms with Gasteiger partial charge in [0, 0.05) is 0 Å². The van der Waals surface area contributed by atoms with E-state index in [0.717, 1.165) is 19.4 Å². The first kappa shape index (κ1) is 28.8. The van der Waals surface area contributed by atoms with Crippen LogP contribution < -0.4 is 0 Å². The Balaban J connectivity index is 1.79. The Bertz CT molecular complexity index is 783. The van der Waals surface area contributed by atoms with Gasteiger partial charge in [-0.15, -0.1) is 0 Å². The quantitative estimate of drug-likeness (QED) is 0.163. The summed E-state index contributed by atoms with van der Waals surface area (Å²) in [7, 11) is 1.57. The Morgan fingerprint density at radius 2 is 1.60 bits per heavy atom. The average Bonchev–Trinajstić information content (AvgIpc) is 3.15. The molecule has 35 heavy (non-hydrogen) atoms. The number of esters is 1. The summed E-state index contributed by atoms with van der Waals surface area (Å²) in [6.45, 7) is 10.2. The zero-order valence-electron chi connectivity index (χ0n) is 23.2. The van der Waals surface area contributed by atoms with Crippen molar-refractivity contribution in [2.45, 2.75) is 117 Å².